The third-order valence-corrected chi connectivity index (χ3v) is 6.58. The van der Waals surface area contributed by atoms with Crippen molar-refractivity contribution in [3.8, 4) is 0 Å². The van der Waals surface area contributed by atoms with Gasteiger partial charge in [-0.25, -0.2) is 8.42 Å². The van der Waals surface area contributed by atoms with Gasteiger partial charge in [0.25, 0.3) is 0 Å². The Morgan fingerprint density at radius 3 is 2.54 bits per heavy atom. The summed E-state index contributed by atoms with van der Waals surface area (Å²) in [5.74, 6) is 0. The Labute approximate surface area is 156 Å². The molecule has 0 amide bonds. The lowest BCUT2D eigenvalue weighted by Gasteiger charge is -2.24. The Balaban J connectivity index is 1.71. The maximum atomic E-state index is 13.0. The molecule has 8 heteroatoms. The van der Waals surface area contributed by atoms with Crippen molar-refractivity contribution in [1.82, 2.24) is 15.5 Å². The number of halogens is 1. The number of H-pyrrole nitrogens is 1. The molecule has 136 valence electrons. The fourth-order valence-electron chi connectivity index (χ4n) is 3.21. The molecule has 6 nitrogen and oxygen atoms in total. The van der Waals surface area contributed by atoms with Crippen LogP contribution in [0.3, 0.4) is 0 Å². The predicted molar refractivity (Wildman–Crippen MR) is 103 cm³/mol. The number of aromatic nitrogens is 2. The molecule has 0 bridgehead atoms. The minimum Gasteiger partial charge on any atom is -0.382 e. The molecule has 0 aliphatic carbocycles. The van der Waals surface area contributed by atoms with E-state index in [9.17, 15) is 8.42 Å². The topological polar surface area (TPSA) is 86.9 Å². The van der Waals surface area contributed by atoms with Crippen LogP contribution in [0.4, 0.5) is 5.69 Å². The second-order valence-electron chi connectivity index (χ2n) is 6.42. The van der Waals surface area contributed by atoms with E-state index in [-0.39, 0.29) is 9.92 Å². The first-order chi connectivity index (χ1) is 12.5. The first-order valence-corrected chi connectivity index (χ1v) is 10.4. The minimum atomic E-state index is -3.73. The lowest BCUT2D eigenvalue weighted by molar-refractivity contribution is 0.479. The van der Waals surface area contributed by atoms with E-state index in [4.69, 9.17) is 11.6 Å². The number of fused-ring (bicyclic) bond motifs is 1. The predicted octanol–water partition coefficient (Wildman–Crippen LogP) is 3.21. The van der Waals surface area contributed by atoms with Crippen molar-refractivity contribution >= 4 is 38.0 Å². The number of nitrogens with one attached hydrogen (secondary N) is 3. The maximum absolute atomic E-state index is 13.0. The molecular formula is C18H19ClN4O2S. The molecule has 2 heterocycles. The quantitative estimate of drug-likeness (QED) is 0.636. The van der Waals surface area contributed by atoms with Crippen molar-refractivity contribution in [3.05, 3.63) is 47.5 Å². The standard InChI is InChI=1S/C18H19ClN4O2S/c19-12-1-4-15(5-2-12)26(24,25)18-16-11-14(3-6-17(16)22-23-18)21-13-7-9-20-10-8-13/h1-6,11,13,20-21H,7-10H2,(H,22,23). The van der Waals surface area contributed by atoms with Gasteiger partial charge >= 0.3 is 0 Å². The van der Waals surface area contributed by atoms with Gasteiger partial charge in [0, 0.05) is 22.1 Å². The van der Waals surface area contributed by atoms with Crippen LogP contribution in [-0.2, 0) is 9.84 Å². The van der Waals surface area contributed by atoms with E-state index in [1.54, 1.807) is 12.1 Å². The molecule has 4 rings (SSSR count). The molecule has 0 unspecified atom stereocenters. The Kier molecular flexibility index (Phi) is 4.60. The van der Waals surface area contributed by atoms with Crippen LogP contribution in [0, 0.1) is 0 Å². The summed E-state index contributed by atoms with van der Waals surface area (Å²) in [6, 6.07) is 12.2. The lowest BCUT2D eigenvalue weighted by Crippen LogP contribution is -2.35. The van der Waals surface area contributed by atoms with Crippen LogP contribution in [0.1, 0.15) is 12.8 Å². The zero-order valence-electron chi connectivity index (χ0n) is 14.0. The van der Waals surface area contributed by atoms with E-state index in [0.29, 0.717) is 22.0 Å². The number of hydrogen-bond donors (Lipinski definition) is 3. The third kappa shape index (κ3) is 3.30. The van der Waals surface area contributed by atoms with E-state index in [0.717, 1.165) is 31.6 Å². The van der Waals surface area contributed by atoms with Crippen LogP contribution >= 0.6 is 11.6 Å². The van der Waals surface area contributed by atoms with E-state index in [2.05, 4.69) is 20.8 Å². The molecule has 1 aliphatic heterocycles. The zero-order chi connectivity index (χ0) is 18.1. The summed E-state index contributed by atoms with van der Waals surface area (Å²) in [5, 5.41) is 14.8. The van der Waals surface area contributed by atoms with Crippen molar-refractivity contribution in [2.24, 2.45) is 0 Å². The lowest BCUT2D eigenvalue weighted by atomic mass is 10.1. The van der Waals surface area contributed by atoms with Crippen LogP contribution < -0.4 is 10.6 Å². The van der Waals surface area contributed by atoms with Crippen molar-refractivity contribution in [2.45, 2.75) is 28.8 Å². The molecule has 0 radical (unpaired) electrons. The van der Waals surface area contributed by atoms with Crippen molar-refractivity contribution in [3.63, 3.8) is 0 Å². The monoisotopic (exact) mass is 390 g/mol. The van der Waals surface area contributed by atoms with Gasteiger partial charge in [0.1, 0.15) is 0 Å². The van der Waals surface area contributed by atoms with Gasteiger partial charge in [-0.15, -0.1) is 0 Å². The average molecular weight is 391 g/mol. The van der Waals surface area contributed by atoms with Crippen LogP contribution in [0.15, 0.2) is 52.4 Å². The average Bonchev–Trinajstić information content (AvgIpc) is 3.07. The summed E-state index contributed by atoms with van der Waals surface area (Å²) in [5.41, 5.74) is 1.59. The van der Waals surface area contributed by atoms with Crippen molar-refractivity contribution in [2.75, 3.05) is 18.4 Å². The molecule has 1 aliphatic rings. The highest BCUT2D eigenvalue weighted by atomic mass is 35.5. The van der Waals surface area contributed by atoms with Gasteiger partial charge in [-0.3, -0.25) is 5.10 Å². The minimum absolute atomic E-state index is 0.0313. The number of hydrogen-bond acceptors (Lipinski definition) is 5. The fraction of sp³-hybridized carbons (Fsp3) is 0.278. The van der Waals surface area contributed by atoms with Gasteiger partial charge in [-0.1, -0.05) is 11.6 Å². The summed E-state index contributed by atoms with van der Waals surface area (Å²) in [4.78, 5) is 0.173. The molecule has 1 fully saturated rings. The van der Waals surface area contributed by atoms with Crippen LogP contribution in [0.2, 0.25) is 5.02 Å². The number of rotatable bonds is 4. The second-order valence-corrected chi connectivity index (χ2v) is 8.72. The Morgan fingerprint density at radius 1 is 1.08 bits per heavy atom. The van der Waals surface area contributed by atoms with E-state index in [1.807, 2.05) is 18.2 Å². The van der Waals surface area contributed by atoms with Crippen LogP contribution in [0.25, 0.3) is 10.9 Å². The Hall–Kier alpha value is -2.09. The first kappa shape index (κ1) is 17.3. The molecule has 2 aromatic carbocycles. The molecule has 3 aromatic rings. The summed E-state index contributed by atoms with van der Waals surface area (Å²) < 4.78 is 25.9. The molecular weight excluding hydrogens is 372 g/mol. The molecule has 0 atom stereocenters. The maximum Gasteiger partial charge on any atom is 0.226 e. The molecule has 1 saturated heterocycles. The largest absolute Gasteiger partial charge is 0.382 e. The van der Waals surface area contributed by atoms with Gasteiger partial charge in [-0.2, -0.15) is 5.10 Å². The first-order valence-electron chi connectivity index (χ1n) is 8.50. The highest BCUT2D eigenvalue weighted by Gasteiger charge is 2.24. The number of anilines is 1. The Bertz CT molecular complexity index is 1030. The van der Waals surface area contributed by atoms with Crippen molar-refractivity contribution < 1.29 is 8.42 Å². The molecule has 26 heavy (non-hydrogen) atoms. The number of nitrogens with zero attached hydrogens (tertiary/aromatic N) is 1. The number of aromatic amines is 1. The van der Waals surface area contributed by atoms with Crippen LogP contribution in [-0.4, -0.2) is 37.7 Å². The van der Waals surface area contributed by atoms with Gasteiger partial charge in [-0.05, 0) is 68.4 Å². The second kappa shape index (κ2) is 6.90. The Morgan fingerprint density at radius 2 is 1.81 bits per heavy atom. The van der Waals surface area contributed by atoms with Gasteiger partial charge in [0.2, 0.25) is 9.84 Å². The number of piperidine rings is 1. The molecule has 0 spiro atoms. The zero-order valence-corrected chi connectivity index (χ0v) is 15.6. The van der Waals surface area contributed by atoms with Gasteiger partial charge < -0.3 is 10.6 Å². The smallest absolute Gasteiger partial charge is 0.226 e. The normalized spacial score (nSPS) is 16.0. The summed E-state index contributed by atoms with van der Waals surface area (Å²) >= 11 is 5.87. The van der Waals surface area contributed by atoms with Gasteiger partial charge in [0.05, 0.1) is 10.4 Å². The number of sulfone groups is 1. The molecule has 1 aromatic heterocycles. The van der Waals surface area contributed by atoms with Crippen LogP contribution in [0.5, 0.6) is 0 Å². The van der Waals surface area contributed by atoms with E-state index in [1.165, 1.54) is 12.1 Å². The summed E-state index contributed by atoms with van der Waals surface area (Å²) in [6.07, 6.45) is 2.08. The number of benzene rings is 2. The summed E-state index contributed by atoms with van der Waals surface area (Å²) in [7, 11) is -3.73. The SMILES string of the molecule is O=S(=O)(c1ccc(Cl)cc1)c1n[nH]c2ccc(NC3CCNCC3)cc12. The fourth-order valence-corrected chi connectivity index (χ4v) is 4.68. The van der Waals surface area contributed by atoms with E-state index < -0.39 is 9.84 Å². The van der Waals surface area contributed by atoms with E-state index >= 15 is 0 Å². The van der Waals surface area contributed by atoms with Crippen molar-refractivity contribution in [1.29, 1.82) is 0 Å². The highest BCUT2D eigenvalue weighted by Crippen LogP contribution is 2.29. The highest BCUT2D eigenvalue weighted by molar-refractivity contribution is 7.91. The summed E-state index contributed by atoms with van der Waals surface area (Å²) in [6.45, 7) is 1.98. The van der Waals surface area contributed by atoms with Gasteiger partial charge in [0.15, 0.2) is 5.03 Å². The molecule has 0 saturated carbocycles. The third-order valence-electron chi connectivity index (χ3n) is 4.62. The molecule has 3 N–H and O–H groups in total.